The van der Waals surface area contributed by atoms with E-state index in [9.17, 15) is 4.79 Å². The van der Waals surface area contributed by atoms with E-state index >= 15 is 0 Å². The number of hydrogen-bond donors (Lipinski definition) is 1. The van der Waals surface area contributed by atoms with Gasteiger partial charge in [0.25, 0.3) is 0 Å². The highest BCUT2D eigenvalue weighted by Crippen LogP contribution is 2.28. The Labute approximate surface area is 228 Å². The van der Waals surface area contributed by atoms with Crippen molar-refractivity contribution in [1.82, 2.24) is 39.3 Å². The van der Waals surface area contributed by atoms with Crippen LogP contribution in [-0.4, -0.2) is 39.3 Å². The summed E-state index contributed by atoms with van der Waals surface area (Å²) in [6, 6.07) is 14.3. The number of nitrogens with one attached hydrogen (secondary N) is 1. The van der Waals surface area contributed by atoms with Gasteiger partial charge in [0.15, 0.2) is 0 Å². The molecule has 5 aromatic rings. The van der Waals surface area contributed by atoms with Gasteiger partial charge >= 0.3 is 5.69 Å². The smallest absolute Gasteiger partial charge is 0.331 e. The van der Waals surface area contributed by atoms with Gasteiger partial charge in [0, 0.05) is 41.5 Å². The van der Waals surface area contributed by atoms with Crippen molar-refractivity contribution in [1.29, 1.82) is 0 Å². The first kappa shape index (κ1) is 26.3. The zero-order valence-electron chi connectivity index (χ0n) is 23.1. The normalized spacial score (nSPS) is 11.5. The van der Waals surface area contributed by atoms with Crippen LogP contribution in [0.4, 0.5) is 0 Å². The second-order valence-corrected chi connectivity index (χ2v) is 10.2. The molecule has 0 spiro atoms. The second kappa shape index (κ2) is 11.6. The van der Waals surface area contributed by atoms with Crippen molar-refractivity contribution in [3.05, 3.63) is 88.4 Å². The number of tetrazole rings is 1. The lowest BCUT2D eigenvalue weighted by Gasteiger charge is -2.15. The number of H-pyrrole nitrogens is 1. The number of benzene rings is 1. The third-order valence-corrected chi connectivity index (χ3v) is 7.07. The van der Waals surface area contributed by atoms with E-state index in [0.717, 1.165) is 66.0 Å². The lowest BCUT2D eigenvalue weighted by molar-refractivity contribution is 0.580. The third-order valence-electron chi connectivity index (χ3n) is 7.07. The van der Waals surface area contributed by atoms with E-state index in [4.69, 9.17) is 4.98 Å². The maximum atomic E-state index is 13.9. The van der Waals surface area contributed by atoms with E-state index < -0.39 is 0 Å². The zero-order chi connectivity index (χ0) is 27.4. The Bertz CT molecular complexity index is 1570. The number of rotatable bonds is 11. The van der Waals surface area contributed by atoms with Crippen molar-refractivity contribution < 1.29 is 0 Å². The van der Waals surface area contributed by atoms with Crippen LogP contribution in [0.1, 0.15) is 69.8 Å². The molecule has 0 saturated carbocycles. The fourth-order valence-electron chi connectivity index (χ4n) is 5.08. The molecule has 0 bridgehead atoms. The second-order valence-electron chi connectivity index (χ2n) is 10.2. The Morgan fingerprint density at radius 3 is 2.46 bits per heavy atom. The lowest BCUT2D eigenvalue weighted by Crippen LogP contribution is -2.27. The predicted molar refractivity (Wildman–Crippen MR) is 153 cm³/mol. The average molecular weight is 525 g/mol. The molecule has 1 N–H and O–H groups in total. The van der Waals surface area contributed by atoms with Crippen LogP contribution < -0.4 is 5.69 Å². The van der Waals surface area contributed by atoms with Crippen LogP contribution in [0, 0.1) is 0 Å². The summed E-state index contributed by atoms with van der Waals surface area (Å²) in [4.78, 5) is 18.7. The van der Waals surface area contributed by atoms with Crippen LogP contribution in [0.2, 0.25) is 0 Å². The standard InChI is InChI=1S/C30H36N8O/c1-5-7-11-24-20-38(29-23(10-6-2)16-17-36(29)21(3)4)30(39)37(24)19-22-14-15-27(31-18-22)25-12-8-9-13-26(25)28-32-34-35-33-28/h8-9,12-18,20-21H,5-7,10-11,19H2,1-4H3,(H,32,33,34,35). The van der Waals surface area contributed by atoms with Crippen molar-refractivity contribution in [2.45, 2.75) is 72.4 Å². The molecule has 0 saturated heterocycles. The summed E-state index contributed by atoms with van der Waals surface area (Å²) in [6.07, 6.45) is 10.9. The summed E-state index contributed by atoms with van der Waals surface area (Å²) in [7, 11) is 0. The molecule has 5 rings (SSSR count). The Hall–Kier alpha value is -4.27. The lowest BCUT2D eigenvalue weighted by atomic mass is 10.0. The molecule has 0 radical (unpaired) electrons. The molecule has 0 amide bonds. The molecule has 0 aliphatic carbocycles. The highest BCUT2D eigenvalue weighted by Gasteiger charge is 2.20. The first-order valence-corrected chi connectivity index (χ1v) is 13.8. The van der Waals surface area contributed by atoms with Gasteiger partial charge < -0.3 is 4.57 Å². The minimum atomic E-state index is -0.00872. The van der Waals surface area contributed by atoms with Crippen LogP contribution in [0.25, 0.3) is 28.5 Å². The van der Waals surface area contributed by atoms with Gasteiger partial charge in [-0.25, -0.2) is 4.79 Å². The molecule has 202 valence electrons. The Morgan fingerprint density at radius 1 is 0.974 bits per heavy atom. The molecule has 4 aromatic heterocycles. The minimum Gasteiger partial charge on any atom is -0.331 e. The number of imidazole rings is 1. The van der Waals surface area contributed by atoms with Gasteiger partial charge in [0.1, 0.15) is 5.82 Å². The molecule has 0 fully saturated rings. The molecule has 9 heteroatoms. The summed E-state index contributed by atoms with van der Waals surface area (Å²) in [5, 5.41) is 14.5. The number of aromatic nitrogens is 8. The summed E-state index contributed by atoms with van der Waals surface area (Å²) in [5.41, 5.74) is 5.82. The van der Waals surface area contributed by atoms with E-state index in [1.54, 1.807) is 0 Å². The maximum Gasteiger partial charge on any atom is 0.334 e. The molecule has 4 heterocycles. The molecule has 39 heavy (non-hydrogen) atoms. The molecule has 0 unspecified atom stereocenters. The third kappa shape index (κ3) is 5.34. The van der Waals surface area contributed by atoms with E-state index in [1.165, 1.54) is 5.56 Å². The van der Waals surface area contributed by atoms with E-state index in [2.05, 4.69) is 65.1 Å². The van der Waals surface area contributed by atoms with Gasteiger partial charge in [-0.15, -0.1) is 10.2 Å². The van der Waals surface area contributed by atoms with Crippen LogP contribution in [-0.2, 0) is 19.4 Å². The van der Waals surface area contributed by atoms with Gasteiger partial charge in [0.05, 0.1) is 12.2 Å². The Balaban J connectivity index is 1.50. The summed E-state index contributed by atoms with van der Waals surface area (Å²) >= 11 is 0. The van der Waals surface area contributed by atoms with Gasteiger partial charge in [-0.3, -0.25) is 14.1 Å². The largest absolute Gasteiger partial charge is 0.334 e. The van der Waals surface area contributed by atoms with Crippen molar-refractivity contribution in [3.63, 3.8) is 0 Å². The summed E-state index contributed by atoms with van der Waals surface area (Å²) < 4.78 is 5.98. The van der Waals surface area contributed by atoms with Gasteiger partial charge in [0.2, 0.25) is 5.82 Å². The van der Waals surface area contributed by atoms with Crippen molar-refractivity contribution in [3.8, 4) is 28.5 Å². The van der Waals surface area contributed by atoms with Gasteiger partial charge in [-0.2, -0.15) is 5.21 Å². The first-order chi connectivity index (χ1) is 19.0. The number of aryl methyl sites for hydroxylation is 2. The molecular formula is C30H36N8O. The van der Waals surface area contributed by atoms with Gasteiger partial charge in [-0.1, -0.05) is 57.0 Å². The number of nitrogens with zero attached hydrogens (tertiary/aromatic N) is 7. The molecule has 1 aromatic carbocycles. The molecule has 0 atom stereocenters. The fourth-order valence-corrected chi connectivity index (χ4v) is 5.08. The molecule has 9 nitrogen and oxygen atoms in total. The van der Waals surface area contributed by atoms with Crippen LogP contribution >= 0.6 is 0 Å². The summed E-state index contributed by atoms with van der Waals surface area (Å²) in [5.74, 6) is 1.51. The minimum absolute atomic E-state index is 0.00872. The number of aromatic amines is 1. The van der Waals surface area contributed by atoms with Crippen molar-refractivity contribution >= 4 is 0 Å². The quantitative estimate of drug-likeness (QED) is 0.242. The van der Waals surface area contributed by atoms with Crippen LogP contribution in [0.3, 0.4) is 0 Å². The number of unbranched alkanes of at least 4 members (excludes halogenated alkanes) is 1. The highest BCUT2D eigenvalue weighted by atomic mass is 16.1. The molecule has 0 aliphatic rings. The number of pyridine rings is 1. The topological polar surface area (TPSA) is 99.2 Å². The predicted octanol–water partition coefficient (Wildman–Crippen LogP) is 5.61. The SMILES string of the molecule is CCCCc1cn(-c2c(CCC)ccn2C(C)C)c(=O)n1Cc1ccc(-c2ccccc2-c2nn[nH]n2)nc1. The van der Waals surface area contributed by atoms with E-state index in [1.807, 2.05) is 57.9 Å². The van der Waals surface area contributed by atoms with Crippen LogP contribution in [0.15, 0.2) is 65.8 Å². The maximum absolute atomic E-state index is 13.9. The molecule has 0 aliphatic heterocycles. The van der Waals surface area contributed by atoms with Crippen LogP contribution in [0.5, 0.6) is 0 Å². The average Bonchev–Trinajstić information content (AvgIpc) is 3.69. The van der Waals surface area contributed by atoms with Crippen molar-refractivity contribution in [2.75, 3.05) is 0 Å². The summed E-state index contributed by atoms with van der Waals surface area (Å²) in [6.45, 7) is 9.13. The Morgan fingerprint density at radius 2 is 1.79 bits per heavy atom. The van der Waals surface area contributed by atoms with Crippen molar-refractivity contribution in [2.24, 2.45) is 0 Å². The van der Waals surface area contributed by atoms with Gasteiger partial charge in [-0.05, 0) is 61.6 Å². The molecular weight excluding hydrogens is 488 g/mol. The monoisotopic (exact) mass is 524 g/mol. The fraction of sp³-hybridized carbons (Fsp3) is 0.367. The number of hydrogen-bond acceptors (Lipinski definition) is 5. The van der Waals surface area contributed by atoms with E-state index in [0.29, 0.717) is 12.4 Å². The first-order valence-electron chi connectivity index (χ1n) is 13.8. The zero-order valence-corrected chi connectivity index (χ0v) is 23.1. The Kier molecular flexibility index (Phi) is 7.86. The highest BCUT2D eigenvalue weighted by molar-refractivity contribution is 5.78. The van der Waals surface area contributed by atoms with E-state index in [-0.39, 0.29) is 11.7 Å².